The lowest BCUT2D eigenvalue weighted by Crippen LogP contribution is -2.59. The van der Waals surface area contributed by atoms with Gasteiger partial charge in [0.1, 0.15) is 11.9 Å². The van der Waals surface area contributed by atoms with Crippen LogP contribution in [-0.2, 0) is 16.1 Å². The topological polar surface area (TPSA) is 82.5 Å². The number of likely N-dealkylation sites (tertiary alicyclic amines) is 2. The third kappa shape index (κ3) is 4.80. The van der Waals surface area contributed by atoms with Gasteiger partial charge in [0.05, 0.1) is 18.3 Å². The number of carbonyl (C=O) groups is 1. The maximum absolute atomic E-state index is 12.4. The molecule has 7 nitrogen and oxygen atoms in total. The van der Waals surface area contributed by atoms with Gasteiger partial charge in [-0.2, -0.15) is 0 Å². The van der Waals surface area contributed by atoms with Crippen LogP contribution in [0.25, 0.3) is 0 Å². The Morgan fingerprint density at radius 1 is 1.10 bits per heavy atom. The number of benzene rings is 1. The first-order chi connectivity index (χ1) is 14.6. The molecule has 166 valence electrons. The van der Waals surface area contributed by atoms with Crippen LogP contribution < -0.4 is 4.74 Å². The summed E-state index contributed by atoms with van der Waals surface area (Å²) in [6.45, 7) is 4.54. The van der Waals surface area contributed by atoms with Crippen molar-refractivity contribution in [2.75, 3.05) is 39.4 Å². The summed E-state index contributed by atoms with van der Waals surface area (Å²) in [4.78, 5) is 16.7. The Morgan fingerprint density at radius 3 is 2.60 bits per heavy atom. The number of piperidine rings is 2. The molecule has 30 heavy (non-hydrogen) atoms. The average molecular weight is 419 g/mol. The number of aliphatic hydroxyl groups is 2. The normalized spacial score (nSPS) is 27.2. The predicted molar refractivity (Wildman–Crippen MR) is 112 cm³/mol. The highest BCUT2D eigenvalue weighted by molar-refractivity contribution is 5.77. The average Bonchev–Trinajstić information content (AvgIpc) is 2.79. The number of nitrogens with zero attached hydrogens (tertiary/aromatic N) is 2. The molecule has 0 bridgehead atoms. The predicted octanol–water partition coefficient (Wildman–Crippen LogP) is 1.55. The molecule has 0 saturated carbocycles. The van der Waals surface area contributed by atoms with E-state index in [1.54, 1.807) is 0 Å². The minimum absolute atomic E-state index is 0.0615. The zero-order valence-electron chi connectivity index (χ0n) is 17.7. The molecule has 1 aromatic carbocycles. The van der Waals surface area contributed by atoms with Crippen LogP contribution in [0.2, 0.25) is 0 Å². The van der Waals surface area contributed by atoms with E-state index in [0.29, 0.717) is 25.9 Å². The van der Waals surface area contributed by atoms with Crippen molar-refractivity contribution in [3.63, 3.8) is 0 Å². The second kappa shape index (κ2) is 9.64. The summed E-state index contributed by atoms with van der Waals surface area (Å²) in [5.41, 5.74) is 0.440. The van der Waals surface area contributed by atoms with E-state index in [1.165, 1.54) is 6.42 Å². The molecule has 2 N–H and O–H groups in total. The van der Waals surface area contributed by atoms with Crippen molar-refractivity contribution < 1.29 is 24.5 Å². The van der Waals surface area contributed by atoms with Crippen molar-refractivity contribution in [2.45, 2.75) is 62.9 Å². The van der Waals surface area contributed by atoms with Crippen LogP contribution in [-0.4, -0.2) is 83.1 Å². The van der Waals surface area contributed by atoms with E-state index in [-0.39, 0.29) is 12.5 Å². The minimum atomic E-state index is -0.815. The van der Waals surface area contributed by atoms with Gasteiger partial charge < -0.3 is 24.6 Å². The molecule has 1 amide bonds. The molecular weight excluding hydrogens is 384 g/mol. The second-order valence-electron chi connectivity index (χ2n) is 8.83. The lowest BCUT2D eigenvalue weighted by atomic mass is 9.80. The van der Waals surface area contributed by atoms with Gasteiger partial charge in [0.25, 0.3) is 5.91 Å². The van der Waals surface area contributed by atoms with E-state index in [1.807, 2.05) is 29.2 Å². The van der Waals surface area contributed by atoms with Gasteiger partial charge in [-0.1, -0.05) is 18.2 Å². The van der Waals surface area contributed by atoms with Crippen LogP contribution in [0.15, 0.2) is 24.3 Å². The molecule has 3 aliphatic rings. The number of para-hydroxylation sites is 1. The second-order valence-corrected chi connectivity index (χ2v) is 8.83. The van der Waals surface area contributed by atoms with E-state index >= 15 is 0 Å². The molecule has 0 aliphatic carbocycles. The Balaban J connectivity index is 1.32. The van der Waals surface area contributed by atoms with E-state index in [4.69, 9.17) is 9.47 Å². The maximum atomic E-state index is 12.4. The Bertz CT molecular complexity index is 713. The summed E-state index contributed by atoms with van der Waals surface area (Å²) >= 11 is 0. The van der Waals surface area contributed by atoms with Gasteiger partial charge in [-0.05, 0) is 44.6 Å². The van der Waals surface area contributed by atoms with Gasteiger partial charge in [-0.25, -0.2) is 0 Å². The van der Waals surface area contributed by atoms with Crippen LogP contribution in [0.4, 0.5) is 0 Å². The third-order valence-electron chi connectivity index (χ3n) is 6.84. The first-order valence-electron chi connectivity index (χ1n) is 11.3. The first-order valence-corrected chi connectivity index (χ1v) is 11.3. The van der Waals surface area contributed by atoms with Gasteiger partial charge in [-0.15, -0.1) is 0 Å². The molecule has 0 radical (unpaired) electrons. The van der Waals surface area contributed by atoms with Crippen molar-refractivity contribution >= 4 is 5.91 Å². The highest BCUT2D eigenvalue weighted by Crippen LogP contribution is 2.36. The van der Waals surface area contributed by atoms with Crippen LogP contribution in [0, 0.1) is 0 Å². The van der Waals surface area contributed by atoms with Crippen LogP contribution in [0.1, 0.15) is 44.1 Å². The molecule has 3 saturated heterocycles. The number of hydrogen-bond donors (Lipinski definition) is 2. The van der Waals surface area contributed by atoms with Crippen molar-refractivity contribution in [3.8, 4) is 5.75 Å². The summed E-state index contributed by atoms with van der Waals surface area (Å²) in [7, 11) is 0. The number of aliphatic hydroxyl groups excluding tert-OH is 2. The molecule has 1 aromatic rings. The molecule has 4 rings (SSSR count). The number of carbonyl (C=O) groups excluding carboxylic acids is 1. The van der Waals surface area contributed by atoms with Gasteiger partial charge in [-0.3, -0.25) is 9.69 Å². The molecule has 3 heterocycles. The van der Waals surface area contributed by atoms with Gasteiger partial charge in [0.15, 0.2) is 6.61 Å². The zero-order chi connectivity index (χ0) is 21.0. The number of rotatable bonds is 5. The SMILES string of the molecule is O=C(COc1ccccc1CN1CCC2(CC1)OCC[C@H](O)[C@@H]2O)N1CCCCC1. The van der Waals surface area contributed by atoms with E-state index in [0.717, 1.165) is 56.9 Å². The molecule has 0 unspecified atom stereocenters. The highest BCUT2D eigenvalue weighted by Gasteiger charge is 2.47. The van der Waals surface area contributed by atoms with Crippen LogP contribution in [0.3, 0.4) is 0 Å². The van der Waals surface area contributed by atoms with Crippen molar-refractivity contribution in [1.29, 1.82) is 0 Å². The summed E-state index contributed by atoms with van der Waals surface area (Å²) in [5, 5.41) is 20.5. The van der Waals surface area contributed by atoms with Gasteiger partial charge in [0.2, 0.25) is 0 Å². The zero-order valence-corrected chi connectivity index (χ0v) is 17.7. The van der Waals surface area contributed by atoms with Crippen molar-refractivity contribution in [3.05, 3.63) is 29.8 Å². The quantitative estimate of drug-likeness (QED) is 0.755. The Kier molecular flexibility index (Phi) is 6.93. The van der Waals surface area contributed by atoms with Gasteiger partial charge in [0, 0.05) is 38.3 Å². The third-order valence-corrected chi connectivity index (χ3v) is 6.84. The van der Waals surface area contributed by atoms with E-state index < -0.39 is 17.8 Å². The largest absolute Gasteiger partial charge is 0.483 e. The lowest BCUT2D eigenvalue weighted by molar-refractivity contribution is -0.214. The Hall–Kier alpha value is -1.67. The minimum Gasteiger partial charge on any atom is -0.483 e. The Labute approximate surface area is 178 Å². The molecule has 3 fully saturated rings. The molecule has 3 aliphatic heterocycles. The number of amides is 1. The summed E-state index contributed by atoms with van der Waals surface area (Å²) in [5.74, 6) is 0.818. The fourth-order valence-corrected chi connectivity index (χ4v) is 4.90. The number of ether oxygens (including phenoxy) is 2. The molecule has 2 atom stereocenters. The maximum Gasteiger partial charge on any atom is 0.260 e. The standard InChI is InChI=1S/C23H34N2O5/c26-19-8-15-30-23(22(19)28)9-13-24(14-10-23)16-18-6-2-3-7-20(18)29-17-21(27)25-11-4-1-5-12-25/h2-3,6-7,19,22,26,28H,1,4-5,8-17H2/t19-,22-/m0/s1. The molecule has 7 heteroatoms. The highest BCUT2D eigenvalue weighted by atomic mass is 16.5. The first kappa shape index (κ1) is 21.6. The van der Waals surface area contributed by atoms with Crippen LogP contribution >= 0.6 is 0 Å². The van der Waals surface area contributed by atoms with E-state index in [2.05, 4.69) is 4.90 Å². The fraction of sp³-hybridized carbons (Fsp3) is 0.696. The Morgan fingerprint density at radius 2 is 1.83 bits per heavy atom. The van der Waals surface area contributed by atoms with Crippen LogP contribution in [0.5, 0.6) is 5.75 Å². The summed E-state index contributed by atoms with van der Waals surface area (Å²) < 4.78 is 11.8. The molecular formula is C23H34N2O5. The molecule has 0 aromatic heterocycles. The number of hydrogen-bond acceptors (Lipinski definition) is 6. The van der Waals surface area contributed by atoms with Gasteiger partial charge >= 0.3 is 0 Å². The summed E-state index contributed by atoms with van der Waals surface area (Å²) in [6.07, 6.45) is 3.73. The monoisotopic (exact) mass is 418 g/mol. The molecule has 1 spiro atoms. The summed E-state index contributed by atoms with van der Waals surface area (Å²) in [6, 6.07) is 7.89. The lowest BCUT2D eigenvalue weighted by Gasteiger charge is -2.48. The van der Waals surface area contributed by atoms with E-state index in [9.17, 15) is 15.0 Å². The fourth-order valence-electron chi connectivity index (χ4n) is 4.90. The smallest absolute Gasteiger partial charge is 0.260 e. The van der Waals surface area contributed by atoms with Crippen molar-refractivity contribution in [2.24, 2.45) is 0 Å². The van der Waals surface area contributed by atoms with Crippen molar-refractivity contribution in [1.82, 2.24) is 9.80 Å².